The Morgan fingerprint density at radius 3 is 2.69 bits per heavy atom. The topological polar surface area (TPSA) is 22.0 Å². The van der Waals surface area contributed by atoms with Crippen LogP contribution in [0.2, 0.25) is 0 Å². The summed E-state index contributed by atoms with van der Waals surface area (Å²) in [6, 6.07) is 8.22. The molecule has 0 aliphatic heterocycles. The van der Waals surface area contributed by atoms with Gasteiger partial charge in [-0.2, -0.15) is 0 Å². The SMILES string of the molecule is Cc1cc(=O)n(C)c2ccc(C3CC3)cc12. The van der Waals surface area contributed by atoms with Gasteiger partial charge in [0.2, 0.25) is 0 Å². The number of aryl methyl sites for hydroxylation is 2. The Morgan fingerprint density at radius 1 is 1.25 bits per heavy atom. The van der Waals surface area contributed by atoms with Crippen LogP contribution >= 0.6 is 0 Å². The van der Waals surface area contributed by atoms with Crippen molar-refractivity contribution in [2.24, 2.45) is 7.05 Å². The Bertz CT molecular complexity index is 620. The monoisotopic (exact) mass is 213 g/mol. The predicted octanol–water partition coefficient (Wildman–Crippen LogP) is 2.72. The maximum Gasteiger partial charge on any atom is 0.251 e. The van der Waals surface area contributed by atoms with E-state index in [1.54, 1.807) is 10.6 Å². The van der Waals surface area contributed by atoms with E-state index >= 15 is 0 Å². The highest BCUT2D eigenvalue weighted by Crippen LogP contribution is 2.40. The van der Waals surface area contributed by atoms with Crippen molar-refractivity contribution in [3.63, 3.8) is 0 Å². The number of nitrogens with zero attached hydrogens (tertiary/aromatic N) is 1. The molecule has 3 rings (SSSR count). The Balaban J connectivity index is 2.34. The van der Waals surface area contributed by atoms with Crippen LogP contribution < -0.4 is 5.56 Å². The molecule has 2 heteroatoms. The molecule has 82 valence electrons. The van der Waals surface area contributed by atoms with Crippen LogP contribution in [0, 0.1) is 6.92 Å². The fourth-order valence-corrected chi connectivity index (χ4v) is 2.31. The van der Waals surface area contributed by atoms with Crippen molar-refractivity contribution in [3.05, 3.63) is 45.7 Å². The van der Waals surface area contributed by atoms with Crippen LogP contribution in [0.25, 0.3) is 10.9 Å². The zero-order valence-corrected chi connectivity index (χ0v) is 9.66. The molecule has 1 aromatic heterocycles. The van der Waals surface area contributed by atoms with Gasteiger partial charge in [0.1, 0.15) is 0 Å². The van der Waals surface area contributed by atoms with Gasteiger partial charge in [0, 0.05) is 18.5 Å². The lowest BCUT2D eigenvalue weighted by Crippen LogP contribution is -2.16. The number of pyridine rings is 1. The molecular formula is C14H15NO. The number of hydrogen-bond acceptors (Lipinski definition) is 1. The molecule has 0 unspecified atom stereocenters. The molecule has 1 aliphatic carbocycles. The van der Waals surface area contributed by atoms with E-state index < -0.39 is 0 Å². The van der Waals surface area contributed by atoms with Crippen molar-refractivity contribution in [1.82, 2.24) is 4.57 Å². The van der Waals surface area contributed by atoms with Gasteiger partial charge in [-0.15, -0.1) is 0 Å². The van der Waals surface area contributed by atoms with E-state index in [0.29, 0.717) is 0 Å². The first-order valence-electron chi connectivity index (χ1n) is 5.77. The van der Waals surface area contributed by atoms with Gasteiger partial charge in [-0.25, -0.2) is 0 Å². The molecule has 2 aromatic rings. The van der Waals surface area contributed by atoms with E-state index in [4.69, 9.17) is 0 Å². The zero-order chi connectivity index (χ0) is 11.3. The molecule has 0 amide bonds. The van der Waals surface area contributed by atoms with Gasteiger partial charge < -0.3 is 4.57 Å². The molecule has 0 bridgehead atoms. The second kappa shape index (κ2) is 3.21. The molecular weight excluding hydrogens is 198 g/mol. The smallest absolute Gasteiger partial charge is 0.251 e. The average molecular weight is 213 g/mol. The molecule has 0 radical (unpaired) electrons. The first kappa shape index (κ1) is 9.64. The van der Waals surface area contributed by atoms with Crippen molar-refractivity contribution in [3.8, 4) is 0 Å². The van der Waals surface area contributed by atoms with Crippen LogP contribution in [0.4, 0.5) is 0 Å². The Morgan fingerprint density at radius 2 is 2.00 bits per heavy atom. The second-order valence-electron chi connectivity index (χ2n) is 4.78. The maximum atomic E-state index is 11.6. The Labute approximate surface area is 94.5 Å². The minimum Gasteiger partial charge on any atom is -0.311 e. The minimum atomic E-state index is 0.0733. The first-order chi connectivity index (χ1) is 7.66. The largest absolute Gasteiger partial charge is 0.311 e. The standard InChI is InChI=1S/C14H15NO/c1-9-7-14(16)15(2)13-6-5-11(8-12(9)13)10-3-4-10/h5-8,10H,3-4H2,1-2H3. The quantitative estimate of drug-likeness (QED) is 0.714. The van der Waals surface area contributed by atoms with Crippen LogP contribution in [-0.4, -0.2) is 4.57 Å². The number of hydrogen-bond donors (Lipinski definition) is 0. The van der Waals surface area contributed by atoms with Crippen molar-refractivity contribution < 1.29 is 0 Å². The van der Waals surface area contributed by atoms with E-state index in [1.807, 2.05) is 14.0 Å². The first-order valence-corrected chi connectivity index (χ1v) is 5.77. The third-order valence-corrected chi connectivity index (χ3v) is 3.53. The second-order valence-corrected chi connectivity index (χ2v) is 4.78. The summed E-state index contributed by atoms with van der Waals surface area (Å²) < 4.78 is 1.72. The molecule has 0 atom stereocenters. The van der Waals surface area contributed by atoms with Crippen LogP contribution in [0.5, 0.6) is 0 Å². The van der Waals surface area contributed by atoms with Gasteiger partial charge in [-0.3, -0.25) is 4.79 Å². The van der Waals surface area contributed by atoms with E-state index in [0.717, 1.165) is 17.0 Å². The van der Waals surface area contributed by atoms with Gasteiger partial charge in [-0.1, -0.05) is 6.07 Å². The summed E-state index contributed by atoms with van der Waals surface area (Å²) >= 11 is 0. The highest BCUT2D eigenvalue weighted by Gasteiger charge is 2.23. The summed E-state index contributed by atoms with van der Waals surface area (Å²) in [5.74, 6) is 0.765. The van der Waals surface area contributed by atoms with Crippen molar-refractivity contribution in [2.45, 2.75) is 25.7 Å². The average Bonchev–Trinajstić information content (AvgIpc) is 3.09. The number of fused-ring (bicyclic) bond motifs is 1. The van der Waals surface area contributed by atoms with Gasteiger partial charge in [-0.05, 0) is 48.9 Å². The lowest BCUT2D eigenvalue weighted by Gasteiger charge is -2.09. The molecule has 0 saturated heterocycles. The van der Waals surface area contributed by atoms with Crippen LogP contribution in [0.3, 0.4) is 0 Å². The third kappa shape index (κ3) is 1.37. The summed E-state index contributed by atoms with van der Waals surface area (Å²) in [5.41, 5.74) is 3.62. The molecule has 1 heterocycles. The van der Waals surface area contributed by atoms with Gasteiger partial charge in [0.25, 0.3) is 5.56 Å². The van der Waals surface area contributed by atoms with Gasteiger partial charge in [0.15, 0.2) is 0 Å². The lowest BCUT2D eigenvalue weighted by atomic mass is 10.0. The highest BCUT2D eigenvalue weighted by atomic mass is 16.1. The van der Waals surface area contributed by atoms with E-state index in [2.05, 4.69) is 18.2 Å². The Kier molecular flexibility index (Phi) is 1.93. The fraction of sp³-hybridized carbons (Fsp3) is 0.357. The van der Waals surface area contributed by atoms with Crippen LogP contribution in [0.15, 0.2) is 29.1 Å². The molecule has 1 saturated carbocycles. The molecule has 1 aliphatic rings. The highest BCUT2D eigenvalue weighted by molar-refractivity contribution is 5.83. The summed E-state index contributed by atoms with van der Waals surface area (Å²) in [4.78, 5) is 11.6. The molecule has 2 nitrogen and oxygen atoms in total. The summed E-state index contributed by atoms with van der Waals surface area (Å²) in [5, 5.41) is 1.21. The third-order valence-electron chi connectivity index (χ3n) is 3.53. The fourth-order valence-electron chi connectivity index (χ4n) is 2.31. The normalized spacial score (nSPS) is 15.6. The number of aromatic nitrogens is 1. The van der Waals surface area contributed by atoms with E-state index in [-0.39, 0.29) is 5.56 Å². The number of rotatable bonds is 1. The zero-order valence-electron chi connectivity index (χ0n) is 9.66. The lowest BCUT2D eigenvalue weighted by molar-refractivity contribution is 0.902. The summed E-state index contributed by atoms with van der Waals surface area (Å²) in [7, 11) is 1.83. The molecule has 0 N–H and O–H groups in total. The van der Waals surface area contributed by atoms with Crippen LogP contribution in [-0.2, 0) is 7.05 Å². The van der Waals surface area contributed by atoms with Crippen molar-refractivity contribution >= 4 is 10.9 Å². The summed E-state index contributed by atoms with van der Waals surface area (Å²) in [6.45, 7) is 2.01. The van der Waals surface area contributed by atoms with Crippen molar-refractivity contribution in [1.29, 1.82) is 0 Å². The van der Waals surface area contributed by atoms with E-state index in [1.165, 1.54) is 23.8 Å². The molecule has 0 spiro atoms. The predicted molar refractivity (Wildman–Crippen MR) is 65.9 cm³/mol. The van der Waals surface area contributed by atoms with Gasteiger partial charge >= 0.3 is 0 Å². The summed E-state index contributed by atoms with van der Waals surface area (Å²) in [6.07, 6.45) is 2.63. The molecule has 1 aromatic carbocycles. The minimum absolute atomic E-state index is 0.0733. The van der Waals surface area contributed by atoms with Crippen LogP contribution in [0.1, 0.15) is 29.9 Å². The molecule has 1 fully saturated rings. The van der Waals surface area contributed by atoms with E-state index in [9.17, 15) is 4.79 Å². The number of benzene rings is 1. The Hall–Kier alpha value is -1.57. The van der Waals surface area contributed by atoms with Crippen molar-refractivity contribution in [2.75, 3.05) is 0 Å². The van der Waals surface area contributed by atoms with Gasteiger partial charge in [0.05, 0.1) is 5.52 Å². The molecule has 16 heavy (non-hydrogen) atoms. The maximum absolute atomic E-state index is 11.6.